The van der Waals surface area contributed by atoms with Crippen LogP contribution in [0.3, 0.4) is 0 Å². The fourth-order valence-electron chi connectivity index (χ4n) is 1.30. The third kappa shape index (κ3) is 1.33. The summed E-state index contributed by atoms with van der Waals surface area (Å²) in [4.78, 5) is 4.33. The Hall–Kier alpha value is -1.28. The van der Waals surface area contributed by atoms with Crippen LogP contribution >= 0.6 is 11.6 Å². The lowest BCUT2D eigenvalue weighted by molar-refractivity contribution is 1.26. The first-order valence-corrected chi connectivity index (χ1v) is 4.37. The van der Waals surface area contributed by atoms with E-state index >= 15 is 0 Å². The van der Waals surface area contributed by atoms with Crippen LogP contribution in [0.4, 0.5) is 5.69 Å². The molecule has 1 aromatic carbocycles. The van der Waals surface area contributed by atoms with E-state index in [1.807, 2.05) is 19.1 Å². The quantitative estimate of drug-likeness (QED) is 0.652. The first-order chi connectivity index (χ1) is 6.18. The molecule has 1 aromatic heterocycles. The third-order valence-electron chi connectivity index (χ3n) is 1.97. The van der Waals surface area contributed by atoms with Crippen LogP contribution in [0.25, 0.3) is 10.9 Å². The highest BCUT2D eigenvalue weighted by Gasteiger charge is 2.02. The SMILES string of the molecule is Cc1ccc2c(Cl)ccc(N)c2n1. The molecule has 2 aromatic rings. The van der Waals surface area contributed by atoms with Crippen molar-refractivity contribution in [1.82, 2.24) is 4.98 Å². The van der Waals surface area contributed by atoms with E-state index in [-0.39, 0.29) is 0 Å². The molecule has 2 rings (SSSR count). The molecule has 0 unspecified atom stereocenters. The highest BCUT2D eigenvalue weighted by Crippen LogP contribution is 2.26. The van der Waals surface area contributed by atoms with E-state index in [1.165, 1.54) is 0 Å². The first-order valence-electron chi connectivity index (χ1n) is 4.00. The van der Waals surface area contributed by atoms with Crippen LogP contribution < -0.4 is 5.73 Å². The molecule has 0 atom stereocenters. The maximum atomic E-state index is 5.99. The molecule has 0 radical (unpaired) electrons. The summed E-state index contributed by atoms with van der Waals surface area (Å²) in [6.45, 7) is 1.93. The Labute approximate surface area is 81.3 Å². The molecule has 2 N–H and O–H groups in total. The minimum atomic E-state index is 0.670. The van der Waals surface area contributed by atoms with Gasteiger partial charge in [0.2, 0.25) is 0 Å². The van der Waals surface area contributed by atoms with Gasteiger partial charge in [0, 0.05) is 11.1 Å². The molecular formula is C10H9ClN2. The number of pyridine rings is 1. The largest absolute Gasteiger partial charge is 0.397 e. The van der Waals surface area contributed by atoms with E-state index < -0.39 is 0 Å². The zero-order valence-corrected chi connectivity index (χ0v) is 7.97. The van der Waals surface area contributed by atoms with Crippen LogP contribution in [0.5, 0.6) is 0 Å². The molecule has 0 spiro atoms. The number of fused-ring (bicyclic) bond motifs is 1. The number of aromatic nitrogens is 1. The van der Waals surface area contributed by atoms with Crippen molar-refractivity contribution in [2.24, 2.45) is 0 Å². The van der Waals surface area contributed by atoms with Crippen LogP contribution in [-0.4, -0.2) is 4.98 Å². The molecule has 66 valence electrons. The fraction of sp³-hybridized carbons (Fsp3) is 0.100. The summed E-state index contributed by atoms with van der Waals surface area (Å²) in [6, 6.07) is 7.43. The zero-order chi connectivity index (χ0) is 9.42. The van der Waals surface area contributed by atoms with Gasteiger partial charge in [-0.15, -0.1) is 0 Å². The van der Waals surface area contributed by atoms with E-state index in [2.05, 4.69) is 4.98 Å². The van der Waals surface area contributed by atoms with Crippen LogP contribution in [0.1, 0.15) is 5.69 Å². The smallest absolute Gasteiger partial charge is 0.0949 e. The molecule has 0 aliphatic rings. The predicted octanol–water partition coefficient (Wildman–Crippen LogP) is 2.78. The van der Waals surface area contributed by atoms with Crippen LogP contribution in [0.15, 0.2) is 24.3 Å². The lowest BCUT2D eigenvalue weighted by atomic mass is 10.2. The maximum absolute atomic E-state index is 5.99. The first kappa shape index (κ1) is 8.32. The van der Waals surface area contributed by atoms with Crippen molar-refractivity contribution in [2.45, 2.75) is 6.92 Å². The van der Waals surface area contributed by atoms with Gasteiger partial charge in [0.15, 0.2) is 0 Å². The van der Waals surface area contributed by atoms with Gasteiger partial charge in [-0.05, 0) is 31.2 Å². The summed E-state index contributed by atoms with van der Waals surface area (Å²) in [5.41, 5.74) is 8.17. The van der Waals surface area contributed by atoms with Gasteiger partial charge in [0.25, 0.3) is 0 Å². The Kier molecular flexibility index (Phi) is 1.85. The lowest BCUT2D eigenvalue weighted by Gasteiger charge is -2.03. The van der Waals surface area contributed by atoms with Crippen molar-refractivity contribution in [2.75, 3.05) is 5.73 Å². The van der Waals surface area contributed by atoms with Crippen LogP contribution in [0.2, 0.25) is 5.02 Å². The Morgan fingerprint density at radius 3 is 2.77 bits per heavy atom. The summed E-state index contributed by atoms with van der Waals surface area (Å²) in [5.74, 6) is 0. The van der Waals surface area contributed by atoms with E-state index in [1.54, 1.807) is 12.1 Å². The number of benzene rings is 1. The predicted molar refractivity (Wildman–Crippen MR) is 55.9 cm³/mol. The normalized spacial score (nSPS) is 10.6. The highest BCUT2D eigenvalue weighted by atomic mass is 35.5. The average molecular weight is 193 g/mol. The molecule has 0 fully saturated rings. The van der Waals surface area contributed by atoms with Gasteiger partial charge in [-0.1, -0.05) is 11.6 Å². The summed E-state index contributed by atoms with van der Waals surface area (Å²) in [7, 11) is 0. The van der Waals surface area contributed by atoms with Gasteiger partial charge in [-0.25, -0.2) is 0 Å². The number of hydrogen-bond acceptors (Lipinski definition) is 2. The zero-order valence-electron chi connectivity index (χ0n) is 7.21. The summed E-state index contributed by atoms with van der Waals surface area (Å²) in [5, 5.41) is 1.60. The molecule has 0 aliphatic carbocycles. The highest BCUT2D eigenvalue weighted by molar-refractivity contribution is 6.35. The Morgan fingerprint density at radius 2 is 2.00 bits per heavy atom. The summed E-state index contributed by atoms with van der Waals surface area (Å²) in [6.07, 6.45) is 0. The molecule has 2 nitrogen and oxygen atoms in total. The second-order valence-electron chi connectivity index (χ2n) is 2.99. The van der Waals surface area contributed by atoms with Gasteiger partial charge >= 0.3 is 0 Å². The van der Waals surface area contributed by atoms with E-state index in [0.717, 1.165) is 16.6 Å². The standard InChI is InChI=1S/C10H9ClN2/c1-6-2-3-7-8(11)4-5-9(12)10(7)13-6/h2-5H,12H2,1H3. The number of hydrogen-bond donors (Lipinski definition) is 1. The Morgan fingerprint density at radius 1 is 1.23 bits per heavy atom. The molecule has 1 heterocycles. The Balaban J connectivity index is 2.92. The van der Waals surface area contributed by atoms with Crippen molar-refractivity contribution in [1.29, 1.82) is 0 Å². The van der Waals surface area contributed by atoms with Crippen molar-refractivity contribution in [3.8, 4) is 0 Å². The number of anilines is 1. The number of nitrogens with two attached hydrogens (primary N) is 1. The third-order valence-corrected chi connectivity index (χ3v) is 2.30. The summed E-state index contributed by atoms with van der Waals surface area (Å²) < 4.78 is 0. The van der Waals surface area contributed by atoms with Gasteiger partial charge in [-0.3, -0.25) is 4.98 Å². The number of nitrogen functional groups attached to an aromatic ring is 1. The maximum Gasteiger partial charge on any atom is 0.0949 e. The van der Waals surface area contributed by atoms with Crippen LogP contribution in [0, 0.1) is 6.92 Å². The topological polar surface area (TPSA) is 38.9 Å². The van der Waals surface area contributed by atoms with Gasteiger partial charge in [0.1, 0.15) is 0 Å². The van der Waals surface area contributed by atoms with Crippen molar-refractivity contribution >= 4 is 28.2 Å². The lowest BCUT2D eigenvalue weighted by Crippen LogP contribution is -1.91. The number of rotatable bonds is 0. The van der Waals surface area contributed by atoms with Gasteiger partial charge in [-0.2, -0.15) is 0 Å². The Bertz CT molecular complexity index is 466. The van der Waals surface area contributed by atoms with E-state index in [0.29, 0.717) is 10.7 Å². The number of aryl methyl sites for hydroxylation is 1. The summed E-state index contributed by atoms with van der Waals surface area (Å²) >= 11 is 5.99. The average Bonchev–Trinajstić information content (AvgIpc) is 2.12. The monoisotopic (exact) mass is 192 g/mol. The molecule has 0 saturated heterocycles. The molecule has 3 heteroatoms. The molecule has 0 aliphatic heterocycles. The molecule has 0 bridgehead atoms. The molecule has 13 heavy (non-hydrogen) atoms. The van der Waals surface area contributed by atoms with Crippen molar-refractivity contribution in [3.63, 3.8) is 0 Å². The van der Waals surface area contributed by atoms with Crippen molar-refractivity contribution in [3.05, 3.63) is 35.0 Å². The van der Waals surface area contributed by atoms with E-state index in [9.17, 15) is 0 Å². The van der Waals surface area contributed by atoms with Crippen molar-refractivity contribution < 1.29 is 0 Å². The second kappa shape index (κ2) is 2.89. The number of halogens is 1. The minimum Gasteiger partial charge on any atom is -0.397 e. The van der Waals surface area contributed by atoms with Gasteiger partial charge in [0.05, 0.1) is 16.2 Å². The molecular weight excluding hydrogens is 184 g/mol. The number of nitrogens with zero attached hydrogens (tertiary/aromatic N) is 1. The minimum absolute atomic E-state index is 0.670. The van der Waals surface area contributed by atoms with Crippen LogP contribution in [-0.2, 0) is 0 Å². The molecule has 0 amide bonds. The fourth-order valence-corrected chi connectivity index (χ4v) is 1.52. The molecule has 0 saturated carbocycles. The second-order valence-corrected chi connectivity index (χ2v) is 3.39. The van der Waals surface area contributed by atoms with Gasteiger partial charge < -0.3 is 5.73 Å². The van der Waals surface area contributed by atoms with E-state index in [4.69, 9.17) is 17.3 Å².